The predicted molar refractivity (Wildman–Crippen MR) is 69.9 cm³/mol. The molecule has 0 heterocycles. The smallest absolute Gasteiger partial charge is 0.142 e. The summed E-state index contributed by atoms with van der Waals surface area (Å²) < 4.78 is 13.4. The van der Waals surface area contributed by atoms with Gasteiger partial charge in [0.25, 0.3) is 0 Å². The molecule has 1 nitrogen and oxygen atoms in total. The minimum absolute atomic E-state index is 0.206. The van der Waals surface area contributed by atoms with Crippen molar-refractivity contribution in [2.75, 3.05) is 6.54 Å². The molecular formula is C14H19ClFN. The Morgan fingerprint density at radius 2 is 2.24 bits per heavy atom. The summed E-state index contributed by atoms with van der Waals surface area (Å²) in [6.45, 7) is 3.09. The monoisotopic (exact) mass is 255 g/mol. The van der Waals surface area contributed by atoms with Crippen LogP contribution >= 0.6 is 11.6 Å². The maximum Gasteiger partial charge on any atom is 0.142 e. The Bertz CT molecular complexity index is 376. The quantitative estimate of drug-likeness (QED) is 0.844. The van der Waals surface area contributed by atoms with E-state index in [1.54, 1.807) is 12.1 Å². The van der Waals surface area contributed by atoms with Crippen LogP contribution in [-0.2, 0) is 6.42 Å². The van der Waals surface area contributed by atoms with Crippen LogP contribution in [0.5, 0.6) is 0 Å². The molecule has 94 valence electrons. The fourth-order valence-electron chi connectivity index (χ4n) is 2.43. The highest BCUT2D eigenvalue weighted by molar-refractivity contribution is 6.30. The SMILES string of the molecule is CCNC(Cc1ccc(Cl)c(F)c1)C1CCC1. The molecule has 1 fully saturated rings. The van der Waals surface area contributed by atoms with Gasteiger partial charge in [0.1, 0.15) is 5.82 Å². The molecule has 1 aromatic rings. The highest BCUT2D eigenvalue weighted by Crippen LogP contribution is 2.31. The lowest BCUT2D eigenvalue weighted by Crippen LogP contribution is -2.41. The lowest BCUT2D eigenvalue weighted by Gasteiger charge is -2.34. The van der Waals surface area contributed by atoms with E-state index >= 15 is 0 Å². The molecule has 3 heteroatoms. The molecule has 1 atom stereocenters. The van der Waals surface area contributed by atoms with Gasteiger partial charge in [0.15, 0.2) is 0 Å². The summed E-state index contributed by atoms with van der Waals surface area (Å²) in [5.74, 6) is 0.446. The van der Waals surface area contributed by atoms with Crippen molar-refractivity contribution in [3.05, 3.63) is 34.6 Å². The van der Waals surface area contributed by atoms with Gasteiger partial charge < -0.3 is 5.32 Å². The summed E-state index contributed by atoms with van der Waals surface area (Å²) in [7, 11) is 0. The van der Waals surface area contributed by atoms with E-state index in [-0.39, 0.29) is 10.8 Å². The second-order valence-corrected chi connectivity index (χ2v) is 5.21. The first-order valence-corrected chi connectivity index (χ1v) is 6.75. The van der Waals surface area contributed by atoms with Crippen LogP contribution in [0.4, 0.5) is 4.39 Å². The molecule has 0 aromatic heterocycles. The van der Waals surface area contributed by atoms with Crippen molar-refractivity contribution in [2.45, 2.75) is 38.6 Å². The Morgan fingerprint density at radius 1 is 1.47 bits per heavy atom. The maximum atomic E-state index is 13.4. The van der Waals surface area contributed by atoms with E-state index < -0.39 is 0 Å². The van der Waals surface area contributed by atoms with E-state index in [4.69, 9.17) is 11.6 Å². The first-order chi connectivity index (χ1) is 8.20. The summed E-state index contributed by atoms with van der Waals surface area (Å²) in [5, 5.41) is 3.72. The van der Waals surface area contributed by atoms with Gasteiger partial charge in [-0.15, -0.1) is 0 Å². The number of likely N-dealkylation sites (N-methyl/N-ethyl adjacent to an activating group) is 1. The fraction of sp³-hybridized carbons (Fsp3) is 0.571. The molecule has 1 aliphatic carbocycles. The zero-order valence-electron chi connectivity index (χ0n) is 10.2. The molecule has 1 aromatic carbocycles. The summed E-state index contributed by atoms with van der Waals surface area (Å²) in [5.41, 5.74) is 1.03. The van der Waals surface area contributed by atoms with E-state index in [0.29, 0.717) is 6.04 Å². The summed E-state index contributed by atoms with van der Waals surface area (Å²) in [6.07, 6.45) is 4.83. The van der Waals surface area contributed by atoms with Gasteiger partial charge in [0.2, 0.25) is 0 Å². The molecule has 0 radical (unpaired) electrons. The van der Waals surface area contributed by atoms with E-state index in [0.717, 1.165) is 24.4 Å². The standard InChI is InChI=1S/C14H19ClFN/c1-2-17-14(11-4-3-5-11)9-10-6-7-12(15)13(16)8-10/h6-8,11,14,17H,2-5,9H2,1H3. The Hall–Kier alpha value is -0.600. The van der Waals surface area contributed by atoms with Crippen LogP contribution < -0.4 is 5.32 Å². The van der Waals surface area contributed by atoms with Crippen molar-refractivity contribution >= 4 is 11.6 Å². The molecule has 1 aliphatic rings. The van der Waals surface area contributed by atoms with Gasteiger partial charge in [0, 0.05) is 6.04 Å². The first kappa shape index (κ1) is 12.8. The average molecular weight is 256 g/mol. The number of hydrogen-bond donors (Lipinski definition) is 1. The van der Waals surface area contributed by atoms with E-state index in [1.807, 2.05) is 6.07 Å². The Labute approximate surface area is 107 Å². The Kier molecular flexibility index (Phi) is 4.41. The van der Waals surface area contributed by atoms with Gasteiger partial charge in [-0.3, -0.25) is 0 Å². The second-order valence-electron chi connectivity index (χ2n) is 4.81. The van der Waals surface area contributed by atoms with Gasteiger partial charge in [-0.1, -0.05) is 31.0 Å². The van der Waals surface area contributed by atoms with Crippen LogP contribution in [0.15, 0.2) is 18.2 Å². The lowest BCUT2D eigenvalue weighted by molar-refractivity contribution is 0.229. The molecular weight excluding hydrogens is 237 g/mol. The third-order valence-electron chi connectivity index (χ3n) is 3.62. The Balaban J connectivity index is 2.02. The molecule has 0 aliphatic heterocycles. The highest BCUT2D eigenvalue weighted by Gasteiger charge is 2.26. The van der Waals surface area contributed by atoms with Crippen molar-refractivity contribution in [2.24, 2.45) is 5.92 Å². The van der Waals surface area contributed by atoms with Crippen LogP contribution in [0.1, 0.15) is 31.7 Å². The normalized spacial score (nSPS) is 17.8. The summed E-state index contributed by atoms with van der Waals surface area (Å²) in [4.78, 5) is 0. The van der Waals surface area contributed by atoms with Gasteiger partial charge in [0.05, 0.1) is 5.02 Å². The van der Waals surface area contributed by atoms with Crippen molar-refractivity contribution < 1.29 is 4.39 Å². The molecule has 2 rings (SSSR count). The molecule has 1 N–H and O–H groups in total. The Morgan fingerprint density at radius 3 is 2.76 bits per heavy atom. The van der Waals surface area contributed by atoms with Gasteiger partial charge in [-0.25, -0.2) is 4.39 Å². The summed E-state index contributed by atoms with van der Waals surface area (Å²) in [6, 6.07) is 5.62. The third kappa shape index (κ3) is 3.20. The lowest BCUT2D eigenvalue weighted by atomic mass is 9.77. The number of hydrogen-bond acceptors (Lipinski definition) is 1. The van der Waals surface area contributed by atoms with Crippen molar-refractivity contribution in [3.63, 3.8) is 0 Å². The molecule has 0 saturated heterocycles. The van der Waals surface area contributed by atoms with Crippen LogP contribution in [0, 0.1) is 11.7 Å². The van der Waals surface area contributed by atoms with Crippen LogP contribution in [0.2, 0.25) is 5.02 Å². The van der Waals surface area contributed by atoms with Gasteiger partial charge in [-0.05, 0) is 49.4 Å². The highest BCUT2D eigenvalue weighted by atomic mass is 35.5. The zero-order valence-corrected chi connectivity index (χ0v) is 10.9. The van der Waals surface area contributed by atoms with Crippen molar-refractivity contribution in [3.8, 4) is 0 Å². The minimum atomic E-state index is -0.312. The topological polar surface area (TPSA) is 12.0 Å². The van der Waals surface area contributed by atoms with Gasteiger partial charge in [-0.2, -0.15) is 0 Å². The van der Waals surface area contributed by atoms with E-state index in [9.17, 15) is 4.39 Å². The molecule has 0 bridgehead atoms. The molecule has 17 heavy (non-hydrogen) atoms. The van der Waals surface area contributed by atoms with Crippen molar-refractivity contribution in [1.82, 2.24) is 5.32 Å². The number of nitrogens with one attached hydrogen (secondary N) is 1. The van der Waals surface area contributed by atoms with E-state index in [2.05, 4.69) is 12.2 Å². The number of halogens is 2. The largest absolute Gasteiger partial charge is 0.314 e. The predicted octanol–water partition coefficient (Wildman–Crippen LogP) is 3.80. The van der Waals surface area contributed by atoms with Crippen molar-refractivity contribution in [1.29, 1.82) is 0 Å². The number of rotatable bonds is 5. The molecule has 1 saturated carbocycles. The van der Waals surface area contributed by atoms with Crippen LogP contribution in [-0.4, -0.2) is 12.6 Å². The van der Waals surface area contributed by atoms with Crippen LogP contribution in [0.3, 0.4) is 0 Å². The minimum Gasteiger partial charge on any atom is -0.314 e. The first-order valence-electron chi connectivity index (χ1n) is 6.38. The van der Waals surface area contributed by atoms with Crippen LogP contribution in [0.25, 0.3) is 0 Å². The molecule has 1 unspecified atom stereocenters. The third-order valence-corrected chi connectivity index (χ3v) is 3.93. The maximum absolute atomic E-state index is 13.4. The molecule has 0 amide bonds. The number of benzene rings is 1. The fourth-order valence-corrected chi connectivity index (χ4v) is 2.55. The van der Waals surface area contributed by atoms with Gasteiger partial charge >= 0.3 is 0 Å². The average Bonchev–Trinajstić information content (AvgIpc) is 2.21. The molecule has 0 spiro atoms. The van der Waals surface area contributed by atoms with E-state index in [1.165, 1.54) is 19.3 Å². The second kappa shape index (κ2) is 5.83. The summed E-state index contributed by atoms with van der Waals surface area (Å²) >= 11 is 5.69. The zero-order chi connectivity index (χ0) is 12.3.